The minimum atomic E-state index is 0.231. The Bertz CT molecular complexity index is 452. The summed E-state index contributed by atoms with van der Waals surface area (Å²) in [7, 11) is 0. The average molecular weight is 264 g/mol. The monoisotopic (exact) mass is 263 g/mol. The number of nitrogens with zero attached hydrogens (tertiary/aromatic N) is 1. The first kappa shape index (κ1) is 13.2. The number of halogens is 1. The van der Waals surface area contributed by atoms with Gasteiger partial charge in [-0.2, -0.15) is 5.26 Å². The van der Waals surface area contributed by atoms with Crippen LogP contribution in [0.1, 0.15) is 44.6 Å². The molecule has 1 aliphatic rings. The zero-order valence-corrected chi connectivity index (χ0v) is 11.4. The van der Waals surface area contributed by atoms with Crippen LogP contribution in [-0.4, -0.2) is 6.10 Å². The first-order valence-electron chi connectivity index (χ1n) is 6.59. The lowest BCUT2D eigenvalue weighted by Crippen LogP contribution is -2.25. The second-order valence-corrected chi connectivity index (χ2v) is 5.37. The van der Waals surface area contributed by atoms with E-state index in [1.54, 1.807) is 18.2 Å². The summed E-state index contributed by atoms with van der Waals surface area (Å²) < 4.78 is 5.98. The molecule has 1 aromatic carbocycles. The summed E-state index contributed by atoms with van der Waals surface area (Å²) in [6, 6.07) is 7.34. The molecule has 0 amide bonds. The Kier molecular flexibility index (Phi) is 4.49. The van der Waals surface area contributed by atoms with Gasteiger partial charge in [0.1, 0.15) is 11.8 Å². The van der Waals surface area contributed by atoms with Crippen molar-refractivity contribution < 1.29 is 4.74 Å². The van der Waals surface area contributed by atoms with E-state index >= 15 is 0 Å². The summed E-state index contributed by atoms with van der Waals surface area (Å²) in [5, 5.41) is 9.68. The van der Waals surface area contributed by atoms with Gasteiger partial charge in [-0.15, -0.1) is 0 Å². The summed E-state index contributed by atoms with van der Waals surface area (Å²) in [4.78, 5) is 0. The van der Waals surface area contributed by atoms with Crippen LogP contribution in [0.4, 0.5) is 0 Å². The molecule has 0 saturated heterocycles. The molecule has 0 bridgehead atoms. The predicted octanol–water partition coefficient (Wildman–Crippen LogP) is 4.56. The maximum Gasteiger partial charge on any atom is 0.138 e. The molecule has 3 heteroatoms. The second kappa shape index (κ2) is 6.11. The minimum absolute atomic E-state index is 0.231. The Morgan fingerprint density at radius 1 is 1.44 bits per heavy atom. The molecule has 2 atom stereocenters. The molecular formula is C15H18ClNO. The van der Waals surface area contributed by atoms with Crippen molar-refractivity contribution in [3.63, 3.8) is 0 Å². The van der Waals surface area contributed by atoms with Crippen LogP contribution in [0.3, 0.4) is 0 Å². The van der Waals surface area contributed by atoms with E-state index in [2.05, 4.69) is 13.0 Å². The van der Waals surface area contributed by atoms with Crippen molar-refractivity contribution in [2.75, 3.05) is 0 Å². The molecule has 0 N–H and O–H groups in total. The largest absolute Gasteiger partial charge is 0.489 e. The Morgan fingerprint density at radius 2 is 2.28 bits per heavy atom. The van der Waals surface area contributed by atoms with E-state index in [0.29, 0.717) is 16.3 Å². The van der Waals surface area contributed by atoms with Gasteiger partial charge in [0.15, 0.2) is 0 Å². The Morgan fingerprint density at radius 3 is 3.00 bits per heavy atom. The van der Waals surface area contributed by atoms with Crippen LogP contribution in [0.15, 0.2) is 18.2 Å². The van der Waals surface area contributed by atoms with Gasteiger partial charge in [0, 0.05) is 11.1 Å². The Hall–Kier alpha value is -1.20. The molecule has 1 aliphatic carbocycles. The van der Waals surface area contributed by atoms with Gasteiger partial charge in [0.2, 0.25) is 0 Å². The molecular weight excluding hydrogens is 246 g/mol. The molecule has 96 valence electrons. The number of ether oxygens (including phenoxy) is 1. The molecule has 0 radical (unpaired) electrons. The van der Waals surface area contributed by atoms with Crippen LogP contribution >= 0.6 is 11.6 Å². The van der Waals surface area contributed by atoms with Crippen LogP contribution in [0.2, 0.25) is 5.02 Å². The molecule has 18 heavy (non-hydrogen) atoms. The third-order valence-electron chi connectivity index (χ3n) is 3.67. The van der Waals surface area contributed by atoms with Gasteiger partial charge in [-0.05, 0) is 37.3 Å². The fraction of sp³-hybridized carbons (Fsp3) is 0.533. The Labute approximate surface area is 114 Å². The molecule has 1 aromatic rings. The van der Waals surface area contributed by atoms with Gasteiger partial charge in [-0.3, -0.25) is 0 Å². The first-order chi connectivity index (χ1) is 8.72. The van der Waals surface area contributed by atoms with Crippen molar-refractivity contribution in [3.8, 4) is 11.8 Å². The van der Waals surface area contributed by atoms with Gasteiger partial charge in [0.25, 0.3) is 0 Å². The molecule has 0 aromatic heterocycles. The maximum absolute atomic E-state index is 9.06. The lowest BCUT2D eigenvalue weighted by atomic mass is 9.85. The third-order valence-corrected chi connectivity index (χ3v) is 3.90. The standard InChI is InChI=1S/C15H18ClNO/c1-2-11-4-3-5-14(8-11)18-15-9-13(16)7-6-12(15)10-17/h6-7,9,11,14H,2-5,8H2,1H3. The summed E-state index contributed by atoms with van der Waals surface area (Å²) in [5.41, 5.74) is 0.568. The fourth-order valence-corrected chi connectivity index (χ4v) is 2.75. The number of rotatable bonds is 3. The normalized spacial score (nSPS) is 23.4. The van der Waals surface area contributed by atoms with Crippen molar-refractivity contribution in [2.24, 2.45) is 5.92 Å². The van der Waals surface area contributed by atoms with Crippen molar-refractivity contribution in [1.82, 2.24) is 0 Å². The summed E-state index contributed by atoms with van der Waals surface area (Å²) >= 11 is 5.96. The predicted molar refractivity (Wildman–Crippen MR) is 72.8 cm³/mol. The molecule has 1 fully saturated rings. The van der Waals surface area contributed by atoms with Crippen molar-refractivity contribution in [1.29, 1.82) is 5.26 Å². The smallest absolute Gasteiger partial charge is 0.138 e. The van der Waals surface area contributed by atoms with Gasteiger partial charge >= 0.3 is 0 Å². The van der Waals surface area contributed by atoms with Gasteiger partial charge < -0.3 is 4.74 Å². The number of hydrogen-bond acceptors (Lipinski definition) is 2. The van der Waals surface area contributed by atoms with Gasteiger partial charge in [0.05, 0.1) is 11.7 Å². The van der Waals surface area contributed by atoms with Crippen molar-refractivity contribution in [3.05, 3.63) is 28.8 Å². The van der Waals surface area contributed by atoms with E-state index in [1.807, 2.05) is 0 Å². The first-order valence-corrected chi connectivity index (χ1v) is 6.97. The van der Waals surface area contributed by atoms with E-state index in [9.17, 15) is 0 Å². The molecule has 0 spiro atoms. The zero-order valence-electron chi connectivity index (χ0n) is 10.7. The average Bonchev–Trinajstić information content (AvgIpc) is 2.39. The van der Waals surface area contributed by atoms with E-state index in [0.717, 1.165) is 18.8 Å². The fourth-order valence-electron chi connectivity index (χ4n) is 2.59. The second-order valence-electron chi connectivity index (χ2n) is 4.93. The molecule has 1 saturated carbocycles. The van der Waals surface area contributed by atoms with Crippen LogP contribution in [0.25, 0.3) is 0 Å². The molecule has 2 unspecified atom stereocenters. The summed E-state index contributed by atoms with van der Waals surface area (Å²) in [6.45, 7) is 2.23. The van der Waals surface area contributed by atoms with Gasteiger partial charge in [-0.1, -0.05) is 31.4 Å². The van der Waals surface area contributed by atoms with Crippen LogP contribution in [-0.2, 0) is 0 Å². The van der Waals surface area contributed by atoms with Crippen LogP contribution in [0, 0.1) is 17.2 Å². The topological polar surface area (TPSA) is 33.0 Å². The molecule has 0 aliphatic heterocycles. The maximum atomic E-state index is 9.06. The molecule has 2 nitrogen and oxygen atoms in total. The summed E-state index contributed by atoms with van der Waals surface area (Å²) in [6.07, 6.45) is 6.12. The summed E-state index contributed by atoms with van der Waals surface area (Å²) in [5.74, 6) is 1.39. The molecule has 0 heterocycles. The zero-order chi connectivity index (χ0) is 13.0. The highest BCUT2D eigenvalue weighted by Crippen LogP contribution is 2.31. The number of nitriles is 1. The SMILES string of the molecule is CCC1CCCC(Oc2cc(Cl)ccc2C#N)C1. The number of benzene rings is 1. The van der Waals surface area contributed by atoms with E-state index in [-0.39, 0.29) is 6.10 Å². The van der Waals surface area contributed by atoms with Gasteiger partial charge in [-0.25, -0.2) is 0 Å². The Balaban J connectivity index is 2.09. The number of hydrogen-bond donors (Lipinski definition) is 0. The van der Waals surface area contributed by atoms with Crippen LogP contribution in [0.5, 0.6) is 5.75 Å². The third kappa shape index (κ3) is 3.17. The quantitative estimate of drug-likeness (QED) is 0.801. The lowest BCUT2D eigenvalue weighted by molar-refractivity contribution is 0.122. The van der Waals surface area contributed by atoms with Crippen molar-refractivity contribution >= 4 is 11.6 Å². The van der Waals surface area contributed by atoms with E-state index in [4.69, 9.17) is 21.6 Å². The van der Waals surface area contributed by atoms with E-state index < -0.39 is 0 Å². The van der Waals surface area contributed by atoms with Crippen molar-refractivity contribution in [2.45, 2.75) is 45.1 Å². The van der Waals surface area contributed by atoms with E-state index in [1.165, 1.54) is 19.3 Å². The highest BCUT2D eigenvalue weighted by atomic mass is 35.5. The highest BCUT2D eigenvalue weighted by Gasteiger charge is 2.22. The van der Waals surface area contributed by atoms with Crippen LogP contribution < -0.4 is 4.74 Å². The minimum Gasteiger partial charge on any atom is -0.489 e. The lowest BCUT2D eigenvalue weighted by Gasteiger charge is -2.29. The molecule has 2 rings (SSSR count). The highest BCUT2D eigenvalue weighted by molar-refractivity contribution is 6.30.